The second-order valence-electron chi connectivity index (χ2n) is 4.73. The van der Waals surface area contributed by atoms with E-state index in [1.807, 2.05) is 0 Å². The van der Waals surface area contributed by atoms with E-state index in [1.54, 1.807) is 25.7 Å². The van der Waals surface area contributed by atoms with E-state index in [2.05, 4.69) is 4.72 Å². The van der Waals surface area contributed by atoms with Crippen LogP contribution in [-0.2, 0) is 15.0 Å². The van der Waals surface area contributed by atoms with Crippen LogP contribution in [0.1, 0.15) is 20.8 Å². The smallest absolute Gasteiger partial charge is 0.320 e. The van der Waals surface area contributed by atoms with Crippen LogP contribution in [0.15, 0.2) is 0 Å². The summed E-state index contributed by atoms with van der Waals surface area (Å²) in [6.07, 6.45) is 0. The van der Waals surface area contributed by atoms with Gasteiger partial charge in [0.15, 0.2) is 0 Å². The summed E-state index contributed by atoms with van der Waals surface area (Å²) in [5.41, 5.74) is 0. The van der Waals surface area contributed by atoms with Crippen molar-refractivity contribution in [3.05, 3.63) is 0 Å². The molecule has 0 aromatic carbocycles. The van der Waals surface area contributed by atoms with Crippen molar-refractivity contribution in [2.75, 3.05) is 26.2 Å². The Morgan fingerprint density at radius 1 is 1.17 bits per heavy atom. The van der Waals surface area contributed by atoms with Crippen molar-refractivity contribution in [2.24, 2.45) is 0 Å². The highest BCUT2D eigenvalue weighted by Crippen LogP contribution is 2.09. The minimum Gasteiger partial charge on any atom is -0.480 e. The van der Waals surface area contributed by atoms with Gasteiger partial charge in [-0.1, -0.05) is 0 Å². The monoisotopic (exact) mass is 279 g/mol. The van der Waals surface area contributed by atoms with Gasteiger partial charge >= 0.3 is 5.97 Å². The molecule has 0 bridgehead atoms. The van der Waals surface area contributed by atoms with E-state index >= 15 is 0 Å². The third kappa shape index (κ3) is 3.91. The number of carboxylic acids is 1. The Morgan fingerprint density at radius 3 is 2.06 bits per heavy atom. The Hall–Kier alpha value is -0.700. The molecule has 2 N–H and O–H groups in total. The van der Waals surface area contributed by atoms with Crippen molar-refractivity contribution >= 4 is 16.2 Å². The number of hydrogen-bond acceptors (Lipinski definition) is 4. The Bertz CT molecular complexity index is 388. The van der Waals surface area contributed by atoms with E-state index in [0.29, 0.717) is 26.2 Å². The third-order valence-electron chi connectivity index (χ3n) is 2.90. The molecule has 1 fully saturated rings. The molecule has 1 saturated heterocycles. The van der Waals surface area contributed by atoms with Crippen LogP contribution >= 0.6 is 0 Å². The fraction of sp³-hybridized carbons (Fsp3) is 0.900. The average Bonchev–Trinajstić information content (AvgIpc) is 2.26. The summed E-state index contributed by atoms with van der Waals surface area (Å²) in [5, 5.41) is 8.89. The molecule has 0 amide bonds. The first-order valence-corrected chi connectivity index (χ1v) is 7.42. The van der Waals surface area contributed by atoms with Gasteiger partial charge in [-0.2, -0.15) is 17.4 Å². The fourth-order valence-electron chi connectivity index (χ4n) is 1.86. The highest BCUT2D eigenvalue weighted by atomic mass is 32.2. The lowest BCUT2D eigenvalue weighted by molar-refractivity contribution is -0.143. The zero-order valence-corrected chi connectivity index (χ0v) is 11.8. The maximum absolute atomic E-state index is 11.9. The highest BCUT2D eigenvalue weighted by Gasteiger charge is 2.30. The van der Waals surface area contributed by atoms with E-state index in [0.717, 1.165) is 0 Å². The molecule has 1 aliphatic rings. The Morgan fingerprint density at radius 2 is 1.67 bits per heavy atom. The molecule has 1 heterocycles. The number of hydrogen-bond donors (Lipinski definition) is 2. The van der Waals surface area contributed by atoms with Gasteiger partial charge in [0.05, 0.1) is 0 Å². The summed E-state index contributed by atoms with van der Waals surface area (Å²) in [7, 11) is -3.44. The number of carbonyl (C=O) groups is 1. The predicted molar refractivity (Wildman–Crippen MR) is 67.4 cm³/mol. The Labute approximate surface area is 108 Å². The molecule has 0 radical (unpaired) electrons. The van der Waals surface area contributed by atoms with E-state index in [-0.39, 0.29) is 6.04 Å². The number of rotatable bonds is 5. The molecular weight excluding hydrogens is 258 g/mol. The number of aliphatic carboxylic acids is 1. The lowest BCUT2D eigenvalue weighted by Gasteiger charge is -2.36. The summed E-state index contributed by atoms with van der Waals surface area (Å²) in [4.78, 5) is 12.6. The number of nitrogens with zero attached hydrogens (tertiary/aromatic N) is 2. The van der Waals surface area contributed by atoms with Crippen LogP contribution in [-0.4, -0.2) is 67.0 Å². The van der Waals surface area contributed by atoms with Gasteiger partial charge in [-0.25, -0.2) is 0 Å². The Kier molecular flexibility index (Phi) is 5.09. The first kappa shape index (κ1) is 15.4. The van der Waals surface area contributed by atoms with Crippen molar-refractivity contribution in [3.8, 4) is 0 Å². The quantitative estimate of drug-likeness (QED) is 0.696. The molecule has 18 heavy (non-hydrogen) atoms. The molecule has 0 aromatic heterocycles. The average molecular weight is 279 g/mol. The standard InChI is InChI=1S/C10H21N3O4S/c1-8(2)11-18(16,17)13-6-4-12(5-7-13)9(3)10(14)15/h8-9,11H,4-7H2,1-3H3,(H,14,15). The van der Waals surface area contributed by atoms with Crippen LogP contribution in [0.3, 0.4) is 0 Å². The van der Waals surface area contributed by atoms with Gasteiger partial charge in [0.25, 0.3) is 10.2 Å². The van der Waals surface area contributed by atoms with E-state index in [9.17, 15) is 13.2 Å². The molecule has 1 aliphatic heterocycles. The zero-order valence-electron chi connectivity index (χ0n) is 11.0. The summed E-state index contributed by atoms with van der Waals surface area (Å²) in [6.45, 7) is 6.65. The van der Waals surface area contributed by atoms with E-state index < -0.39 is 22.2 Å². The van der Waals surface area contributed by atoms with Gasteiger partial charge in [0.1, 0.15) is 6.04 Å². The zero-order chi connectivity index (χ0) is 13.9. The lowest BCUT2D eigenvalue weighted by Crippen LogP contribution is -2.55. The summed E-state index contributed by atoms with van der Waals surface area (Å²) < 4.78 is 27.7. The van der Waals surface area contributed by atoms with Gasteiger partial charge in [0, 0.05) is 32.2 Å². The molecular formula is C10H21N3O4S. The molecule has 1 rings (SSSR count). The maximum Gasteiger partial charge on any atom is 0.320 e. The van der Waals surface area contributed by atoms with Crippen molar-refractivity contribution in [2.45, 2.75) is 32.9 Å². The summed E-state index contributed by atoms with van der Waals surface area (Å²) in [5.74, 6) is -0.883. The number of carboxylic acid groups (broad SMARTS) is 1. The molecule has 1 unspecified atom stereocenters. The third-order valence-corrected chi connectivity index (χ3v) is 4.72. The number of piperazine rings is 1. The highest BCUT2D eigenvalue weighted by molar-refractivity contribution is 7.87. The minimum absolute atomic E-state index is 0.147. The van der Waals surface area contributed by atoms with Crippen molar-refractivity contribution in [1.82, 2.24) is 13.9 Å². The summed E-state index contributed by atoms with van der Waals surface area (Å²) >= 11 is 0. The van der Waals surface area contributed by atoms with Gasteiger partial charge < -0.3 is 5.11 Å². The largest absolute Gasteiger partial charge is 0.480 e. The number of nitrogens with one attached hydrogen (secondary N) is 1. The molecule has 0 aromatic rings. The second-order valence-corrected chi connectivity index (χ2v) is 6.43. The molecule has 0 spiro atoms. The minimum atomic E-state index is -3.44. The first-order valence-electron chi connectivity index (χ1n) is 5.98. The van der Waals surface area contributed by atoms with Gasteiger partial charge in [-0.15, -0.1) is 0 Å². The van der Waals surface area contributed by atoms with Crippen LogP contribution in [0.2, 0.25) is 0 Å². The lowest BCUT2D eigenvalue weighted by atomic mass is 10.2. The SMILES string of the molecule is CC(C)NS(=O)(=O)N1CCN(C(C)C(=O)O)CC1. The first-order chi connectivity index (χ1) is 8.24. The maximum atomic E-state index is 11.9. The molecule has 7 nitrogen and oxygen atoms in total. The second kappa shape index (κ2) is 5.96. The molecule has 106 valence electrons. The van der Waals surface area contributed by atoms with Crippen LogP contribution in [0.4, 0.5) is 0 Å². The van der Waals surface area contributed by atoms with E-state index in [1.165, 1.54) is 4.31 Å². The van der Waals surface area contributed by atoms with Crippen LogP contribution < -0.4 is 4.72 Å². The summed E-state index contributed by atoms with van der Waals surface area (Å²) in [6, 6.07) is -0.723. The molecule has 0 saturated carbocycles. The van der Waals surface area contributed by atoms with Gasteiger partial charge in [0.2, 0.25) is 0 Å². The van der Waals surface area contributed by atoms with Crippen molar-refractivity contribution in [1.29, 1.82) is 0 Å². The van der Waals surface area contributed by atoms with E-state index in [4.69, 9.17) is 5.11 Å². The molecule has 1 atom stereocenters. The Balaban J connectivity index is 2.56. The topological polar surface area (TPSA) is 90.0 Å². The van der Waals surface area contributed by atoms with Crippen LogP contribution in [0.5, 0.6) is 0 Å². The predicted octanol–water partition coefficient (Wildman–Crippen LogP) is -0.680. The van der Waals surface area contributed by atoms with Gasteiger partial charge in [-0.05, 0) is 20.8 Å². The molecule has 8 heteroatoms. The van der Waals surface area contributed by atoms with Crippen LogP contribution in [0, 0.1) is 0 Å². The van der Waals surface area contributed by atoms with Crippen LogP contribution in [0.25, 0.3) is 0 Å². The van der Waals surface area contributed by atoms with Crippen molar-refractivity contribution < 1.29 is 18.3 Å². The van der Waals surface area contributed by atoms with Gasteiger partial charge in [-0.3, -0.25) is 9.69 Å². The normalized spacial score (nSPS) is 21.1. The molecule has 0 aliphatic carbocycles. The van der Waals surface area contributed by atoms with Crippen molar-refractivity contribution in [3.63, 3.8) is 0 Å². The fourth-order valence-corrected chi connectivity index (χ4v) is 3.25.